The number of H-pyrrole nitrogens is 1. The predicted molar refractivity (Wildman–Crippen MR) is 93.9 cm³/mol. The molecule has 1 N–H and O–H groups in total. The third kappa shape index (κ3) is 1.64. The summed E-state index contributed by atoms with van der Waals surface area (Å²) in [5.74, 6) is 0.691. The number of nitrogens with zero attached hydrogens (tertiary/aromatic N) is 2. The van der Waals surface area contributed by atoms with Gasteiger partial charge in [0.2, 0.25) is 0 Å². The van der Waals surface area contributed by atoms with Gasteiger partial charge < -0.3 is 9.72 Å². The molecule has 6 heterocycles. The van der Waals surface area contributed by atoms with E-state index in [-0.39, 0.29) is 5.54 Å². The summed E-state index contributed by atoms with van der Waals surface area (Å²) in [4.78, 5) is 9.45. The molecule has 5 aliphatic heterocycles. The lowest BCUT2D eigenvalue weighted by Crippen LogP contribution is -2.71. The van der Waals surface area contributed by atoms with Crippen LogP contribution in [-0.2, 0) is 16.7 Å². The van der Waals surface area contributed by atoms with Crippen molar-refractivity contribution < 1.29 is 4.74 Å². The first-order chi connectivity index (χ1) is 11.9. The van der Waals surface area contributed by atoms with E-state index in [0.29, 0.717) is 12.1 Å². The van der Waals surface area contributed by atoms with Crippen molar-refractivity contribution in [1.82, 2.24) is 14.8 Å². The van der Waals surface area contributed by atoms with Crippen LogP contribution in [0.4, 0.5) is 0 Å². The minimum atomic E-state index is 0.245. The highest BCUT2D eigenvalue weighted by molar-refractivity contribution is 5.85. The largest absolute Gasteiger partial charge is 0.381 e. The highest BCUT2D eigenvalue weighted by atomic mass is 16.5. The summed E-state index contributed by atoms with van der Waals surface area (Å²) in [6.45, 7) is 5.59. The van der Waals surface area contributed by atoms with Gasteiger partial charge in [0.05, 0.1) is 18.3 Å². The Balaban J connectivity index is 1.51. The molecule has 0 amide bonds. The summed E-state index contributed by atoms with van der Waals surface area (Å²) in [6, 6.07) is 8.89. The Hall–Kier alpha value is -1.36. The molecule has 24 heavy (non-hydrogen) atoms. The molecule has 2 bridgehead atoms. The van der Waals surface area contributed by atoms with E-state index in [1.54, 1.807) is 11.3 Å². The quantitative estimate of drug-likeness (QED) is 0.875. The monoisotopic (exact) mass is 323 g/mol. The fourth-order valence-electron chi connectivity index (χ4n) is 6.07. The van der Waals surface area contributed by atoms with E-state index in [4.69, 9.17) is 4.74 Å². The molecule has 1 spiro atoms. The summed E-state index contributed by atoms with van der Waals surface area (Å²) in [5, 5.41) is 1.45. The van der Waals surface area contributed by atoms with Crippen LogP contribution < -0.4 is 0 Å². The first-order valence-corrected chi connectivity index (χ1v) is 9.55. The zero-order valence-corrected chi connectivity index (χ0v) is 14.1. The fourth-order valence-corrected chi connectivity index (χ4v) is 6.07. The molecule has 5 aliphatic rings. The van der Waals surface area contributed by atoms with E-state index in [1.807, 2.05) is 0 Å². The Morgan fingerprint density at radius 1 is 1.12 bits per heavy atom. The number of ether oxygens (including phenoxy) is 1. The van der Waals surface area contributed by atoms with E-state index >= 15 is 0 Å². The van der Waals surface area contributed by atoms with E-state index in [0.717, 1.165) is 13.2 Å². The fraction of sp³-hybridized carbons (Fsp3) is 0.600. The van der Waals surface area contributed by atoms with Gasteiger partial charge in [-0.3, -0.25) is 9.80 Å². The van der Waals surface area contributed by atoms with Crippen molar-refractivity contribution >= 4 is 10.9 Å². The average Bonchev–Trinajstić information content (AvgIpc) is 3.29. The number of hydrogen-bond donors (Lipinski definition) is 1. The number of fused-ring (bicyclic) bond motifs is 5. The topological polar surface area (TPSA) is 31.5 Å². The van der Waals surface area contributed by atoms with Gasteiger partial charge in [-0.1, -0.05) is 18.2 Å². The van der Waals surface area contributed by atoms with Crippen molar-refractivity contribution in [3.63, 3.8) is 0 Å². The molecular formula is C20H25N3O. The Labute approximate surface area is 142 Å². The Morgan fingerprint density at radius 3 is 2.83 bits per heavy atom. The molecule has 0 radical (unpaired) electrons. The van der Waals surface area contributed by atoms with Gasteiger partial charge in [0.1, 0.15) is 0 Å². The van der Waals surface area contributed by atoms with Crippen LogP contribution in [0.15, 0.2) is 24.3 Å². The molecule has 0 saturated carbocycles. The average molecular weight is 323 g/mol. The number of benzene rings is 1. The minimum absolute atomic E-state index is 0.245. The zero-order valence-electron chi connectivity index (χ0n) is 14.1. The maximum Gasteiger partial charge on any atom is 0.0682 e. The lowest BCUT2D eigenvalue weighted by Gasteiger charge is -2.63. The van der Waals surface area contributed by atoms with E-state index in [9.17, 15) is 0 Å². The van der Waals surface area contributed by atoms with Gasteiger partial charge in [-0.15, -0.1) is 0 Å². The number of aromatic amines is 1. The number of nitrogens with one attached hydrogen (secondary N) is 1. The van der Waals surface area contributed by atoms with Crippen molar-refractivity contribution in [1.29, 1.82) is 0 Å². The maximum atomic E-state index is 5.75. The van der Waals surface area contributed by atoms with Crippen LogP contribution >= 0.6 is 0 Å². The van der Waals surface area contributed by atoms with Gasteiger partial charge in [0, 0.05) is 48.8 Å². The highest BCUT2D eigenvalue weighted by Gasteiger charge is 2.56. The van der Waals surface area contributed by atoms with Crippen molar-refractivity contribution in [3.8, 4) is 0 Å². The third-order valence-corrected chi connectivity index (χ3v) is 7.14. The summed E-state index contributed by atoms with van der Waals surface area (Å²) in [6.07, 6.45) is 5.55. The molecule has 2 atom stereocenters. The first kappa shape index (κ1) is 13.9. The normalized spacial score (nSPS) is 38.4. The molecule has 126 valence electrons. The molecular weight excluding hydrogens is 298 g/mol. The van der Waals surface area contributed by atoms with Crippen molar-refractivity contribution in [2.75, 3.05) is 32.8 Å². The third-order valence-electron chi connectivity index (χ3n) is 7.14. The molecule has 0 aliphatic carbocycles. The van der Waals surface area contributed by atoms with Gasteiger partial charge in [-0.25, -0.2) is 0 Å². The zero-order chi connectivity index (χ0) is 15.7. The van der Waals surface area contributed by atoms with E-state index < -0.39 is 0 Å². The van der Waals surface area contributed by atoms with Crippen LogP contribution in [0.2, 0.25) is 0 Å². The van der Waals surface area contributed by atoms with Crippen molar-refractivity contribution in [2.45, 2.75) is 37.4 Å². The minimum Gasteiger partial charge on any atom is -0.381 e. The Bertz CT molecular complexity index is 781. The summed E-state index contributed by atoms with van der Waals surface area (Å²) in [5.41, 5.74) is 4.71. The van der Waals surface area contributed by atoms with Gasteiger partial charge in [0.15, 0.2) is 0 Å². The lowest BCUT2D eigenvalue weighted by atomic mass is 9.73. The van der Waals surface area contributed by atoms with Gasteiger partial charge >= 0.3 is 0 Å². The van der Waals surface area contributed by atoms with Crippen molar-refractivity contribution in [3.05, 3.63) is 35.5 Å². The van der Waals surface area contributed by atoms with Gasteiger partial charge in [-0.2, -0.15) is 0 Å². The number of hydrogen-bond acceptors (Lipinski definition) is 3. The standard InChI is InChI=1S/C20H25N3O/c1-2-4-17-15(3-1)16-5-9-23-19(14-6-12-24-13-14)22-10-7-20(23,8-11-22)18(16)21-17/h1-4,14,19,21H,5-13H2/t14-,19-/m0/s1. The van der Waals surface area contributed by atoms with E-state index in [2.05, 4.69) is 39.0 Å². The number of piperidine rings is 1. The molecule has 4 heteroatoms. The molecule has 1 aromatic carbocycles. The molecule has 4 fully saturated rings. The second-order valence-electron chi connectivity index (χ2n) is 8.07. The summed E-state index contributed by atoms with van der Waals surface area (Å²) < 4.78 is 5.75. The maximum absolute atomic E-state index is 5.75. The predicted octanol–water partition coefficient (Wildman–Crippen LogP) is 2.69. The first-order valence-electron chi connectivity index (χ1n) is 9.55. The Kier molecular flexibility index (Phi) is 2.80. The number of para-hydroxylation sites is 1. The van der Waals surface area contributed by atoms with E-state index in [1.165, 1.54) is 56.2 Å². The number of aromatic nitrogens is 1. The second kappa shape index (κ2) is 4.84. The molecule has 4 nitrogen and oxygen atoms in total. The smallest absolute Gasteiger partial charge is 0.0682 e. The van der Waals surface area contributed by atoms with Gasteiger partial charge in [-0.05, 0) is 37.3 Å². The van der Waals surface area contributed by atoms with Crippen LogP contribution in [0.25, 0.3) is 10.9 Å². The van der Waals surface area contributed by atoms with Crippen LogP contribution in [0.5, 0.6) is 0 Å². The van der Waals surface area contributed by atoms with Crippen molar-refractivity contribution in [2.24, 2.45) is 5.92 Å². The molecule has 7 rings (SSSR count). The lowest BCUT2D eigenvalue weighted by molar-refractivity contribution is -0.165. The SMILES string of the molecule is c1ccc2c3c([nH]c2c1)C12CCN(CC1)[C@H]([C@H]1CCOC1)N2CC3. The summed E-state index contributed by atoms with van der Waals surface area (Å²) in [7, 11) is 0. The second-order valence-corrected chi connectivity index (χ2v) is 8.07. The summed E-state index contributed by atoms with van der Waals surface area (Å²) >= 11 is 0. The molecule has 1 aromatic heterocycles. The van der Waals surface area contributed by atoms with Crippen LogP contribution in [0, 0.1) is 5.92 Å². The molecule has 4 saturated heterocycles. The number of rotatable bonds is 1. The van der Waals surface area contributed by atoms with Crippen LogP contribution in [0.1, 0.15) is 30.5 Å². The molecule has 0 unspecified atom stereocenters. The van der Waals surface area contributed by atoms with Gasteiger partial charge in [0.25, 0.3) is 0 Å². The Morgan fingerprint density at radius 2 is 2.00 bits per heavy atom. The van der Waals surface area contributed by atoms with Crippen LogP contribution in [-0.4, -0.2) is 53.8 Å². The highest BCUT2D eigenvalue weighted by Crippen LogP contribution is 2.51. The van der Waals surface area contributed by atoms with Crippen LogP contribution in [0.3, 0.4) is 0 Å². The molecule has 2 aromatic rings.